The number of nitrogens with zero attached hydrogens (tertiary/aromatic N) is 4. The zero-order chi connectivity index (χ0) is 16.8. The molecule has 1 aliphatic rings. The Labute approximate surface area is 146 Å². The van der Waals surface area contributed by atoms with Gasteiger partial charge in [0.25, 0.3) is 0 Å². The Hall–Kier alpha value is -1.99. The van der Waals surface area contributed by atoms with Gasteiger partial charge in [0.1, 0.15) is 0 Å². The highest BCUT2D eigenvalue weighted by Crippen LogP contribution is 2.20. The van der Waals surface area contributed by atoms with E-state index in [-0.39, 0.29) is 6.03 Å². The van der Waals surface area contributed by atoms with Crippen LogP contribution in [0.4, 0.5) is 9.93 Å². The summed E-state index contributed by atoms with van der Waals surface area (Å²) in [7, 11) is 0. The molecular formula is C17H23N5OS. The van der Waals surface area contributed by atoms with Gasteiger partial charge in [0.15, 0.2) is 5.13 Å². The van der Waals surface area contributed by atoms with Crippen molar-refractivity contribution in [1.82, 2.24) is 19.8 Å². The largest absolute Gasteiger partial charge is 0.323 e. The summed E-state index contributed by atoms with van der Waals surface area (Å²) in [5, 5.41) is 3.61. The summed E-state index contributed by atoms with van der Waals surface area (Å²) in [6.07, 6.45) is 5.78. The van der Waals surface area contributed by atoms with Gasteiger partial charge in [-0.15, -0.1) is 11.3 Å². The first-order chi connectivity index (χ1) is 11.7. The van der Waals surface area contributed by atoms with Gasteiger partial charge in [-0.3, -0.25) is 15.2 Å². The van der Waals surface area contributed by atoms with Crippen LogP contribution in [0.25, 0.3) is 0 Å². The molecule has 1 fully saturated rings. The number of hydrogen-bond acceptors (Lipinski definition) is 5. The summed E-state index contributed by atoms with van der Waals surface area (Å²) in [6, 6.07) is 5.92. The molecule has 1 saturated heterocycles. The number of piperazine rings is 1. The number of thiazole rings is 1. The number of anilines is 1. The number of carbonyl (C=O) groups excluding carboxylic acids is 1. The topological polar surface area (TPSA) is 61.4 Å². The Kier molecular flexibility index (Phi) is 5.77. The number of nitrogens with one attached hydrogen (secondary N) is 1. The lowest BCUT2D eigenvalue weighted by atomic mass is 10.3. The molecule has 2 aromatic heterocycles. The molecule has 2 amide bonds. The average Bonchev–Trinajstić information content (AvgIpc) is 3.04. The van der Waals surface area contributed by atoms with Crippen LogP contribution in [0.2, 0.25) is 0 Å². The van der Waals surface area contributed by atoms with Crippen LogP contribution in [0.15, 0.2) is 30.6 Å². The van der Waals surface area contributed by atoms with E-state index in [1.807, 2.05) is 35.5 Å². The molecule has 128 valence electrons. The summed E-state index contributed by atoms with van der Waals surface area (Å²) >= 11 is 1.56. The molecule has 1 aliphatic heterocycles. The third-order valence-electron chi connectivity index (χ3n) is 4.04. The molecule has 6 nitrogen and oxygen atoms in total. The zero-order valence-electron chi connectivity index (χ0n) is 13.9. The fourth-order valence-electron chi connectivity index (χ4n) is 2.73. The molecule has 0 bridgehead atoms. The molecule has 0 spiro atoms. The molecule has 0 aromatic carbocycles. The molecule has 0 aliphatic carbocycles. The van der Waals surface area contributed by atoms with Crippen molar-refractivity contribution in [2.75, 3.05) is 31.5 Å². The first-order valence-corrected chi connectivity index (χ1v) is 9.19. The van der Waals surface area contributed by atoms with Gasteiger partial charge in [0, 0.05) is 50.0 Å². The number of amides is 2. The van der Waals surface area contributed by atoms with Gasteiger partial charge >= 0.3 is 6.03 Å². The predicted molar refractivity (Wildman–Crippen MR) is 96.2 cm³/mol. The third kappa shape index (κ3) is 4.52. The van der Waals surface area contributed by atoms with Crippen molar-refractivity contribution in [3.63, 3.8) is 0 Å². The van der Waals surface area contributed by atoms with Crippen molar-refractivity contribution < 1.29 is 4.79 Å². The van der Waals surface area contributed by atoms with Gasteiger partial charge in [-0.05, 0) is 18.6 Å². The molecule has 7 heteroatoms. The lowest BCUT2D eigenvalue weighted by molar-refractivity contribution is 0.142. The van der Waals surface area contributed by atoms with E-state index in [1.54, 1.807) is 11.3 Å². The maximum absolute atomic E-state index is 12.4. The van der Waals surface area contributed by atoms with E-state index in [9.17, 15) is 4.79 Å². The molecular weight excluding hydrogens is 322 g/mol. The van der Waals surface area contributed by atoms with Crippen LogP contribution >= 0.6 is 11.3 Å². The van der Waals surface area contributed by atoms with Gasteiger partial charge in [0.05, 0.1) is 5.69 Å². The molecule has 2 aromatic rings. The minimum Gasteiger partial charge on any atom is -0.322 e. The van der Waals surface area contributed by atoms with E-state index in [0.717, 1.165) is 51.3 Å². The fourth-order valence-corrected chi connectivity index (χ4v) is 3.63. The van der Waals surface area contributed by atoms with Gasteiger partial charge in [-0.1, -0.05) is 19.4 Å². The standard InChI is InChI=1S/C17H23N5OS/c1-2-5-15-12-19-16(24-15)20-17(23)22-10-8-21(9-11-22)13-14-6-3-4-7-18-14/h3-4,6-7,12H,2,5,8-11,13H2,1H3,(H,19,20,23). The Morgan fingerprint density at radius 2 is 2.08 bits per heavy atom. The number of urea groups is 1. The normalized spacial score (nSPS) is 15.5. The number of pyridine rings is 1. The van der Waals surface area contributed by atoms with Crippen molar-refractivity contribution in [2.45, 2.75) is 26.3 Å². The minimum atomic E-state index is -0.0510. The highest BCUT2D eigenvalue weighted by atomic mass is 32.1. The Balaban J connectivity index is 1.46. The van der Waals surface area contributed by atoms with Gasteiger partial charge < -0.3 is 4.90 Å². The summed E-state index contributed by atoms with van der Waals surface area (Å²) < 4.78 is 0. The first-order valence-electron chi connectivity index (χ1n) is 8.37. The van der Waals surface area contributed by atoms with Crippen LogP contribution < -0.4 is 5.32 Å². The number of rotatable bonds is 5. The van der Waals surface area contributed by atoms with E-state index < -0.39 is 0 Å². The van der Waals surface area contributed by atoms with E-state index in [0.29, 0.717) is 5.13 Å². The van der Waals surface area contributed by atoms with Gasteiger partial charge in [-0.2, -0.15) is 0 Å². The number of aromatic nitrogens is 2. The molecule has 0 unspecified atom stereocenters. The highest BCUT2D eigenvalue weighted by molar-refractivity contribution is 7.15. The van der Waals surface area contributed by atoms with Gasteiger partial charge in [-0.25, -0.2) is 9.78 Å². The van der Waals surface area contributed by atoms with Crippen molar-refractivity contribution >= 4 is 22.5 Å². The average molecular weight is 345 g/mol. The maximum atomic E-state index is 12.4. The van der Waals surface area contributed by atoms with Crippen molar-refractivity contribution in [3.8, 4) is 0 Å². The third-order valence-corrected chi connectivity index (χ3v) is 5.01. The van der Waals surface area contributed by atoms with Crippen molar-refractivity contribution in [1.29, 1.82) is 0 Å². The van der Waals surface area contributed by atoms with E-state index >= 15 is 0 Å². The maximum Gasteiger partial charge on any atom is 0.323 e. The molecule has 1 N–H and O–H groups in total. The second kappa shape index (κ2) is 8.21. The van der Waals surface area contributed by atoms with Gasteiger partial charge in [0.2, 0.25) is 0 Å². The van der Waals surface area contributed by atoms with Crippen LogP contribution in [0, 0.1) is 0 Å². The van der Waals surface area contributed by atoms with Crippen LogP contribution in [-0.2, 0) is 13.0 Å². The summed E-state index contributed by atoms with van der Waals surface area (Å²) in [6.45, 7) is 6.16. The Morgan fingerprint density at radius 3 is 2.79 bits per heavy atom. The second-order valence-electron chi connectivity index (χ2n) is 5.90. The van der Waals surface area contributed by atoms with Crippen LogP contribution in [-0.4, -0.2) is 52.0 Å². The predicted octanol–water partition coefficient (Wildman–Crippen LogP) is 2.84. The summed E-state index contributed by atoms with van der Waals surface area (Å²) in [5.41, 5.74) is 1.07. The van der Waals surface area contributed by atoms with E-state index in [1.165, 1.54) is 4.88 Å². The first kappa shape index (κ1) is 16.9. The monoisotopic (exact) mass is 345 g/mol. The number of hydrogen-bond donors (Lipinski definition) is 1. The van der Waals surface area contributed by atoms with E-state index in [4.69, 9.17) is 0 Å². The van der Waals surface area contributed by atoms with Crippen molar-refractivity contribution in [2.24, 2.45) is 0 Å². The molecule has 3 rings (SSSR count). The van der Waals surface area contributed by atoms with Crippen LogP contribution in [0.5, 0.6) is 0 Å². The number of carbonyl (C=O) groups is 1. The molecule has 0 saturated carbocycles. The summed E-state index contributed by atoms with van der Waals surface area (Å²) in [5.74, 6) is 0. The lowest BCUT2D eigenvalue weighted by Gasteiger charge is -2.34. The molecule has 24 heavy (non-hydrogen) atoms. The molecule has 0 atom stereocenters. The molecule has 3 heterocycles. The lowest BCUT2D eigenvalue weighted by Crippen LogP contribution is -2.49. The van der Waals surface area contributed by atoms with Crippen LogP contribution in [0.1, 0.15) is 23.9 Å². The van der Waals surface area contributed by atoms with Crippen LogP contribution in [0.3, 0.4) is 0 Å². The summed E-state index contributed by atoms with van der Waals surface area (Å²) in [4.78, 5) is 26.4. The Bertz CT molecular complexity index is 652. The quantitative estimate of drug-likeness (QED) is 0.905. The zero-order valence-corrected chi connectivity index (χ0v) is 14.8. The Morgan fingerprint density at radius 1 is 1.25 bits per heavy atom. The van der Waals surface area contributed by atoms with Crippen molar-refractivity contribution in [3.05, 3.63) is 41.2 Å². The fraction of sp³-hybridized carbons (Fsp3) is 0.471. The minimum absolute atomic E-state index is 0.0510. The van der Waals surface area contributed by atoms with E-state index in [2.05, 4.69) is 27.1 Å². The highest BCUT2D eigenvalue weighted by Gasteiger charge is 2.22. The molecule has 0 radical (unpaired) electrons. The SMILES string of the molecule is CCCc1cnc(NC(=O)N2CCN(Cc3ccccn3)CC2)s1. The smallest absolute Gasteiger partial charge is 0.322 e. The number of aryl methyl sites for hydroxylation is 1. The second-order valence-corrected chi connectivity index (χ2v) is 7.01.